The molecular weight excluding hydrogens is 554 g/mol. The molecule has 0 radical (unpaired) electrons. The molecule has 0 saturated heterocycles. The second-order valence-electron chi connectivity index (χ2n) is 10.6. The summed E-state index contributed by atoms with van der Waals surface area (Å²) in [6.45, 7) is 5.14. The molecule has 40 heavy (non-hydrogen) atoms. The van der Waals surface area contributed by atoms with Crippen molar-refractivity contribution in [1.29, 1.82) is 0 Å². The summed E-state index contributed by atoms with van der Waals surface area (Å²) in [5.74, 6) is -3.05. The molecule has 2 aromatic carbocycles. The van der Waals surface area contributed by atoms with Gasteiger partial charge in [0.2, 0.25) is 0 Å². The molecule has 3 atom stereocenters. The molecule has 1 aromatic heterocycles. The Morgan fingerprint density at radius 3 is 2.35 bits per heavy atom. The molecule has 3 nitrogen and oxygen atoms in total. The lowest BCUT2D eigenvalue weighted by atomic mass is 9.98. The van der Waals surface area contributed by atoms with Gasteiger partial charge in [-0.3, -0.25) is 4.79 Å². The number of rotatable bonds is 9. The van der Waals surface area contributed by atoms with Gasteiger partial charge in [0.1, 0.15) is 23.9 Å². The molecule has 3 unspecified atom stereocenters. The van der Waals surface area contributed by atoms with Crippen LogP contribution in [-0.4, -0.2) is 24.4 Å². The molecule has 1 fully saturated rings. The molecule has 0 spiro atoms. The minimum atomic E-state index is -4.64. The van der Waals surface area contributed by atoms with E-state index in [4.69, 9.17) is 9.47 Å². The third-order valence-corrected chi connectivity index (χ3v) is 8.29. The van der Waals surface area contributed by atoms with Gasteiger partial charge in [-0.05, 0) is 67.0 Å². The van der Waals surface area contributed by atoms with Crippen LogP contribution in [0.1, 0.15) is 64.0 Å². The first-order valence-electron chi connectivity index (χ1n) is 13.5. The monoisotopic (exact) mass is 586 g/mol. The molecule has 1 saturated carbocycles. The van der Waals surface area contributed by atoms with Crippen LogP contribution in [0.4, 0.5) is 26.3 Å². The Morgan fingerprint density at radius 2 is 1.70 bits per heavy atom. The smallest absolute Gasteiger partial charge is 0.417 e. The minimum absolute atomic E-state index is 0.0212. The lowest BCUT2D eigenvalue weighted by Crippen LogP contribution is -2.41. The van der Waals surface area contributed by atoms with E-state index in [1.54, 1.807) is 38.1 Å². The van der Waals surface area contributed by atoms with E-state index in [9.17, 15) is 31.1 Å². The molecule has 218 valence electrons. The molecule has 1 aliphatic carbocycles. The van der Waals surface area contributed by atoms with Crippen molar-refractivity contribution >= 4 is 27.4 Å². The number of halogens is 6. The second-order valence-corrected chi connectivity index (χ2v) is 11.7. The zero-order chi connectivity index (χ0) is 29.2. The molecule has 4 rings (SSSR count). The van der Waals surface area contributed by atoms with Crippen molar-refractivity contribution in [3.05, 3.63) is 53.6 Å². The van der Waals surface area contributed by atoms with E-state index in [-0.39, 0.29) is 24.2 Å². The van der Waals surface area contributed by atoms with Gasteiger partial charge in [0.15, 0.2) is 0 Å². The summed E-state index contributed by atoms with van der Waals surface area (Å²) < 4.78 is 95.3. The summed E-state index contributed by atoms with van der Waals surface area (Å²) in [6, 6.07) is 10.8. The normalized spacial score (nSPS) is 19.9. The quantitative estimate of drug-likeness (QED) is 0.142. The number of hydrogen-bond donors (Lipinski definition) is 0. The number of aryl methyl sites for hydroxylation is 1. The predicted molar refractivity (Wildman–Crippen MR) is 143 cm³/mol. The van der Waals surface area contributed by atoms with E-state index in [0.717, 1.165) is 30.6 Å². The van der Waals surface area contributed by atoms with Crippen LogP contribution in [0.2, 0.25) is 0 Å². The first-order valence-corrected chi connectivity index (χ1v) is 14.3. The van der Waals surface area contributed by atoms with Crippen molar-refractivity contribution in [2.45, 2.75) is 83.9 Å². The molecule has 1 heterocycles. The fourth-order valence-corrected chi connectivity index (χ4v) is 6.20. The number of hydrogen-bond acceptors (Lipinski definition) is 4. The third-order valence-electron chi connectivity index (χ3n) is 7.16. The number of ether oxygens (including phenoxy) is 2. The maximum Gasteiger partial charge on any atom is 0.417 e. The van der Waals surface area contributed by atoms with Crippen molar-refractivity contribution in [1.82, 2.24) is 0 Å². The number of alkyl halides is 6. The number of carbonyl (C=O) groups is 1. The largest absolute Gasteiger partial charge is 0.490 e. The van der Waals surface area contributed by atoms with Gasteiger partial charge >= 0.3 is 18.3 Å². The lowest BCUT2D eigenvalue weighted by molar-refractivity contribution is -0.216. The second kappa shape index (κ2) is 12.0. The lowest BCUT2D eigenvalue weighted by Gasteiger charge is -2.27. The summed E-state index contributed by atoms with van der Waals surface area (Å²) in [6.07, 6.45) is -8.38. The summed E-state index contributed by atoms with van der Waals surface area (Å²) in [5.41, 5.74) is -0.00174. The zero-order valence-corrected chi connectivity index (χ0v) is 23.3. The van der Waals surface area contributed by atoms with Crippen LogP contribution in [0, 0.1) is 11.8 Å². The van der Waals surface area contributed by atoms with Crippen LogP contribution in [0.3, 0.4) is 0 Å². The van der Waals surface area contributed by atoms with Gasteiger partial charge in [0.05, 0.1) is 11.5 Å². The standard InChI is InChI=1S/C30H32F6O3S/c1-4-5-6-7-18-8-11-21(22(14-18)29(31,32)33)26-15-19-9-10-20(16-25(19)40-26)38-23-12-13-24(27(23)30(34,35)36)39-28(37)17(2)3/h8-11,14-17,23-24,27H,4-7,12-13H2,1-3H3. The molecule has 10 heteroatoms. The van der Waals surface area contributed by atoms with Gasteiger partial charge in [0.25, 0.3) is 0 Å². The van der Waals surface area contributed by atoms with Crippen LogP contribution in [0.25, 0.3) is 20.5 Å². The molecular formula is C30H32F6O3S. The van der Waals surface area contributed by atoms with E-state index in [0.29, 0.717) is 26.9 Å². The molecule has 3 aromatic rings. The van der Waals surface area contributed by atoms with Gasteiger partial charge in [-0.2, -0.15) is 26.3 Å². The van der Waals surface area contributed by atoms with E-state index in [1.807, 2.05) is 6.92 Å². The average molecular weight is 587 g/mol. The van der Waals surface area contributed by atoms with Crippen molar-refractivity contribution < 1.29 is 40.6 Å². The SMILES string of the molecule is CCCCCc1ccc(-c2cc3ccc(OC4CCC(OC(=O)C(C)C)C4C(F)(F)F)cc3s2)c(C(F)(F)F)c1. The topological polar surface area (TPSA) is 35.5 Å². The molecule has 1 aliphatic rings. The van der Waals surface area contributed by atoms with E-state index >= 15 is 0 Å². The predicted octanol–water partition coefficient (Wildman–Crippen LogP) is 9.61. The highest BCUT2D eigenvalue weighted by molar-refractivity contribution is 7.22. The Labute approximate surface area is 233 Å². The fourth-order valence-electron chi connectivity index (χ4n) is 5.07. The first kappa shape index (κ1) is 30.2. The maximum absolute atomic E-state index is 14.0. The van der Waals surface area contributed by atoms with Crippen molar-refractivity contribution in [2.75, 3.05) is 0 Å². The van der Waals surface area contributed by atoms with Gasteiger partial charge in [-0.15, -0.1) is 11.3 Å². The summed E-state index contributed by atoms with van der Waals surface area (Å²) >= 11 is 1.13. The third kappa shape index (κ3) is 6.93. The minimum Gasteiger partial charge on any atom is -0.490 e. The molecule has 0 aliphatic heterocycles. The Bertz CT molecular complexity index is 1330. The number of thiophene rings is 1. The number of esters is 1. The Morgan fingerprint density at radius 1 is 0.975 bits per heavy atom. The maximum atomic E-state index is 14.0. The van der Waals surface area contributed by atoms with Gasteiger partial charge < -0.3 is 9.47 Å². The van der Waals surface area contributed by atoms with Crippen LogP contribution in [0.15, 0.2) is 42.5 Å². The number of fused-ring (bicyclic) bond motifs is 1. The van der Waals surface area contributed by atoms with Gasteiger partial charge in [-0.25, -0.2) is 0 Å². The highest BCUT2D eigenvalue weighted by Gasteiger charge is 2.55. The highest BCUT2D eigenvalue weighted by Crippen LogP contribution is 2.45. The van der Waals surface area contributed by atoms with E-state index in [1.165, 1.54) is 18.2 Å². The molecule has 0 bridgehead atoms. The Hall–Kier alpha value is -2.75. The Kier molecular flexibility index (Phi) is 9.07. The number of carbonyl (C=O) groups excluding carboxylic acids is 1. The van der Waals surface area contributed by atoms with Crippen molar-refractivity contribution in [2.24, 2.45) is 11.8 Å². The summed E-state index contributed by atoms with van der Waals surface area (Å²) in [5, 5.41) is 0.662. The number of benzene rings is 2. The first-order chi connectivity index (χ1) is 18.8. The molecule has 0 amide bonds. The van der Waals surface area contributed by atoms with Gasteiger partial charge in [-0.1, -0.05) is 45.7 Å². The fraction of sp³-hybridized carbons (Fsp3) is 0.500. The Balaban J connectivity index is 1.59. The van der Waals surface area contributed by atoms with Crippen LogP contribution in [0.5, 0.6) is 5.75 Å². The van der Waals surface area contributed by atoms with E-state index in [2.05, 4.69) is 0 Å². The van der Waals surface area contributed by atoms with Crippen molar-refractivity contribution in [3.8, 4) is 16.2 Å². The molecule has 0 N–H and O–H groups in total. The summed E-state index contributed by atoms with van der Waals surface area (Å²) in [4.78, 5) is 12.4. The summed E-state index contributed by atoms with van der Waals surface area (Å²) in [7, 11) is 0. The van der Waals surface area contributed by atoms with Crippen LogP contribution < -0.4 is 4.74 Å². The van der Waals surface area contributed by atoms with Gasteiger partial charge in [0, 0.05) is 15.1 Å². The number of unbranched alkanes of at least 4 members (excludes halogenated alkanes) is 2. The van der Waals surface area contributed by atoms with Crippen LogP contribution in [-0.2, 0) is 22.1 Å². The van der Waals surface area contributed by atoms with E-state index < -0.39 is 47.9 Å². The van der Waals surface area contributed by atoms with Crippen LogP contribution >= 0.6 is 11.3 Å². The average Bonchev–Trinajstić information content (AvgIpc) is 3.47. The van der Waals surface area contributed by atoms with Crippen molar-refractivity contribution in [3.63, 3.8) is 0 Å². The zero-order valence-electron chi connectivity index (χ0n) is 22.5. The highest BCUT2D eigenvalue weighted by atomic mass is 32.1.